The van der Waals surface area contributed by atoms with Gasteiger partial charge in [0.25, 0.3) is 5.91 Å². The molecule has 0 unspecified atom stereocenters. The van der Waals surface area contributed by atoms with E-state index in [1.165, 1.54) is 11.3 Å². The first-order valence-electron chi connectivity index (χ1n) is 4.22. The molecule has 2 rings (SSSR count). The number of anilines is 1. The third-order valence-electron chi connectivity index (χ3n) is 1.78. The average Bonchev–Trinajstić information content (AvgIpc) is 2.66. The van der Waals surface area contributed by atoms with Crippen LogP contribution in [0.2, 0.25) is 0 Å². The zero-order valence-corrected chi connectivity index (χ0v) is 10.0. The largest absolute Gasteiger partial charge is 0.321 e. The number of halogens is 1. The van der Waals surface area contributed by atoms with Crippen molar-refractivity contribution in [1.29, 1.82) is 0 Å². The van der Waals surface area contributed by atoms with E-state index < -0.39 is 0 Å². The Hall–Kier alpha value is -1.20. The lowest BCUT2D eigenvalue weighted by Crippen LogP contribution is -2.11. The summed E-state index contributed by atoms with van der Waals surface area (Å²) in [6.07, 6.45) is 3.27. The summed E-state index contributed by atoms with van der Waals surface area (Å²) < 4.78 is 0.837. The first-order valence-corrected chi connectivity index (χ1v) is 5.89. The van der Waals surface area contributed by atoms with E-state index in [1.807, 2.05) is 5.38 Å². The molecule has 3 nitrogen and oxygen atoms in total. The number of hydrogen-bond acceptors (Lipinski definition) is 3. The molecule has 0 aliphatic heterocycles. The number of aromatic nitrogens is 1. The van der Waals surface area contributed by atoms with Crippen LogP contribution in [0.1, 0.15) is 10.4 Å². The van der Waals surface area contributed by atoms with Gasteiger partial charge in [0, 0.05) is 6.20 Å². The second-order valence-electron chi connectivity index (χ2n) is 2.80. The number of rotatable bonds is 2. The average molecular weight is 283 g/mol. The van der Waals surface area contributed by atoms with Crippen molar-refractivity contribution < 1.29 is 4.79 Å². The molecule has 0 saturated carbocycles. The predicted octanol–water partition coefficient (Wildman–Crippen LogP) is 3.16. The van der Waals surface area contributed by atoms with Gasteiger partial charge >= 0.3 is 0 Å². The van der Waals surface area contributed by atoms with Crippen LogP contribution in [0.5, 0.6) is 0 Å². The molecule has 1 amide bonds. The SMILES string of the molecule is O=C(Nc1cccnc1)c1ccsc1Br. The van der Waals surface area contributed by atoms with Gasteiger partial charge in [0.2, 0.25) is 0 Å². The molecule has 76 valence electrons. The Bertz CT molecular complexity index is 469. The van der Waals surface area contributed by atoms with Crippen molar-refractivity contribution in [2.75, 3.05) is 5.32 Å². The molecule has 2 aromatic heterocycles. The van der Waals surface area contributed by atoms with Crippen LogP contribution in [0.15, 0.2) is 39.8 Å². The lowest BCUT2D eigenvalue weighted by atomic mass is 10.3. The predicted molar refractivity (Wildman–Crippen MR) is 64.2 cm³/mol. The number of hydrogen-bond donors (Lipinski definition) is 1. The molecule has 0 saturated heterocycles. The van der Waals surface area contributed by atoms with Gasteiger partial charge in [0.05, 0.1) is 21.2 Å². The summed E-state index contributed by atoms with van der Waals surface area (Å²) in [5.74, 6) is -0.129. The van der Waals surface area contributed by atoms with E-state index in [2.05, 4.69) is 26.2 Å². The minimum atomic E-state index is -0.129. The van der Waals surface area contributed by atoms with Gasteiger partial charge in [0.1, 0.15) is 0 Å². The van der Waals surface area contributed by atoms with E-state index in [9.17, 15) is 4.79 Å². The lowest BCUT2D eigenvalue weighted by Gasteiger charge is -2.02. The smallest absolute Gasteiger partial charge is 0.257 e. The standard InChI is InChI=1S/C10H7BrN2OS/c11-9-8(3-5-15-9)10(14)13-7-2-1-4-12-6-7/h1-6H,(H,13,14). The number of nitrogens with one attached hydrogen (secondary N) is 1. The third-order valence-corrected chi connectivity index (χ3v) is 3.47. The molecule has 0 radical (unpaired) electrons. The van der Waals surface area contributed by atoms with Crippen molar-refractivity contribution >= 4 is 38.9 Å². The Morgan fingerprint density at radius 3 is 2.93 bits per heavy atom. The lowest BCUT2D eigenvalue weighted by molar-refractivity contribution is 0.102. The van der Waals surface area contributed by atoms with E-state index in [0.29, 0.717) is 11.3 Å². The maximum absolute atomic E-state index is 11.7. The van der Waals surface area contributed by atoms with Gasteiger partial charge in [-0.25, -0.2) is 0 Å². The molecular weight excluding hydrogens is 276 g/mol. The Morgan fingerprint density at radius 1 is 1.47 bits per heavy atom. The first kappa shape index (κ1) is 10.3. The highest BCUT2D eigenvalue weighted by molar-refractivity contribution is 9.11. The number of nitrogens with zero attached hydrogens (tertiary/aromatic N) is 1. The minimum absolute atomic E-state index is 0.129. The fraction of sp³-hybridized carbons (Fsp3) is 0. The fourth-order valence-corrected chi connectivity index (χ4v) is 2.34. The summed E-state index contributed by atoms with van der Waals surface area (Å²) in [7, 11) is 0. The van der Waals surface area contributed by atoms with Gasteiger partial charge in [-0.3, -0.25) is 9.78 Å². The zero-order chi connectivity index (χ0) is 10.7. The van der Waals surface area contributed by atoms with E-state index >= 15 is 0 Å². The van der Waals surface area contributed by atoms with Crippen molar-refractivity contribution in [2.24, 2.45) is 0 Å². The van der Waals surface area contributed by atoms with Crippen LogP contribution in [0.3, 0.4) is 0 Å². The van der Waals surface area contributed by atoms with Crippen molar-refractivity contribution in [3.05, 3.63) is 45.3 Å². The Kier molecular flexibility index (Phi) is 3.13. The number of carbonyl (C=O) groups excluding carboxylic acids is 1. The summed E-state index contributed by atoms with van der Waals surface area (Å²) in [6, 6.07) is 5.35. The van der Waals surface area contributed by atoms with Gasteiger partial charge in [-0.15, -0.1) is 11.3 Å². The van der Waals surface area contributed by atoms with E-state index in [4.69, 9.17) is 0 Å². The number of carbonyl (C=O) groups is 1. The second kappa shape index (κ2) is 4.55. The van der Waals surface area contributed by atoms with E-state index in [0.717, 1.165) is 3.79 Å². The monoisotopic (exact) mass is 282 g/mol. The third kappa shape index (κ3) is 2.43. The molecule has 0 aliphatic rings. The van der Waals surface area contributed by atoms with Crippen LogP contribution in [0.25, 0.3) is 0 Å². The summed E-state index contributed by atoms with van der Waals surface area (Å²) >= 11 is 4.81. The second-order valence-corrected chi connectivity index (χ2v) is 5.04. The number of amides is 1. The highest BCUT2D eigenvalue weighted by Crippen LogP contribution is 2.24. The van der Waals surface area contributed by atoms with Gasteiger partial charge in [0.15, 0.2) is 0 Å². The molecule has 1 N–H and O–H groups in total. The summed E-state index contributed by atoms with van der Waals surface area (Å²) in [4.78, 5) is 15.7. The maximum Gasteiger partial charge on any atom is 0.257 e. The normalized spacial score (nSPS) is 9.93. The highest BCUT2D eigenvalue weighted by Gasteiger charge is 2.10. The van der Waals surface area contributed by atoms with Crippen LogP contribution >= 0.6 is 27.3 Å². The summed E-state index contributed by atoms with van der Waals surface area (Å²) in [5.41, 5.74) is 1.34. The fourth-order valence-electron chi connectivity index (χ4n) is 1.09. The van der Waals surface area contributed by atoms with Gasteiger partial charge in [-0.2, -0.15) is 0 Å². The number of pyridine rings is 1. The number of thiophene rings is 1. The Balaban J connectivity index is 2.15. The molecule has 0 atom stereocenters. The van der Waals surface area contributed by atoms with E-state index in [1.54, 1.807) is 30.6 Å². The molecule has 0 fully saturated rings. The van der Waals surface area contributed by atoms with Gasteiger partial charge in [-0.1, -0.05) is 0 Å². The maximum atomic E-state index is 11.7. The molecule has 5 heteroatoms. The van der Waals surface area contributed by atoms with Crippen LogP contribution in [-0.2, 0) is 0 Å². The van der Waals surface area contributed by atoms with Crippen molar-refractivity contribution in [3.8, 4) is 0 Å². The zero-order valence-electron chi connectivity index (χ0n) is 7.61. The molecule has 2 aromatic rings. The van der Waals surface area contributed by atoms with E-state index in [-0.39, 0.29) is 5.91 Å². The molecule has 0 aromatic carbocycles. The molecule has 0 aliphatic carbocycles. The first-order chi connectivity index (χ1) is 7.27. The molecule has 2 heterocycles. The van der Waals surface area contributed by atoms with Gasteiger partial charge < -0.3 is 5.32 Å². The molecule has 15 heavy (non-hydrogen) atoms. The summed E-state index contributed by atoms with van der Waals surface area (Å²) in [5, 5.41) is 4.62. The van der Waals surface area contributed by atoms with Crippen LogP contribution < -0.4 is 5.32 Å². The van der Waals surface area contributed by atoms with Crippen LogP contribution in [0, 0.1) is 0 Å². The topological polar surface area (TPSA) is 42.0 Å². The van der Waals surface area contributed by atoms with Crippen molar-refractivity contribution in [3.63, 3.8) is 0 Å². The van der Waals surface area contributed by atoms with Crippen molar-refractivity contribution in [1.82, 2.24) is 4.98 Å². The summed E-state index contributed by atoms with van der Waals surface area (Å²) in [6.45, 7) is 0. The Labute approximate surface area is 99.3 Å². The minimum Gasteiger partial charge on any atom is -0.321 e. The van der Waals surface area contributed by atoms with Crippen LogP contribution in [0.4, 0.5) is 5.69 Å². The molecule has 0 bridgehead atoms. The quantitative estimate of drug-likeness (QED) is 0.919. The van der Waals surface area contributed by atoms with Crippen LogP contribution in [-0.4, -0.2) is 10.9 Å². The Morgan fingerprint density at radius 2 is 2.33 bits per heavy atom. The highest BCUT2D eigenvalue weighted by atomic mass is 79.9. The van der Waals surface area contributed by atoms with Gasteiger partial charge in [-0.05, 0) is 39.5 Å². The molecule has 0 spiro atoms. The van der Waals surface area contributed by atoms with Crippen molar-refractivity contribution in [2.45, 2.75) is 0 Å². The molecular formula is C10H7BrN2OS.